The zero-order valence-electron chi connectivity index (χ0n) is 8.71. The van der Waals surface area contributed by atoms with E-state index in [1.807, 2.05) is 19.9 Å². The van der Waals surface area contributed by atoms with E-state index >= 15 is 0 Å². The van der Waals surface area contributed by atoms with Gasteiger partial charge >= 0.3 is 0 Å². The molecule has 0 spiro atoms. The van der Waals surface area contributed by atoms with Crippen molar-refractivity contribution < 1.29 is 0 Å². The van der Waals surface area contributed by atoms with Crippen molar-refractivity contribution in [1.82, 2.24) is 9.80 Å². The van der Waals surface area contributed by atoms with E-state index in [1.54, 1.807) is 0 Å². The third-order valence-electron chi connectivity index (χ3n) is 1.98. The van der Waals surface area contributed by atoms with Crippen molar-refractivity contribution in [3.05, 3.63) is 12.7 Å². The lowest BCUT2D eigenvalue weighted by Crippen LogP contribution is -2.44. The first-order chi connectivity index (χ1) is 5.83. The zero-order valence-corrected chi connectivity index (χ0v) is 8.71. The lowest BCUT2D eigenvalue weighted by atomic mass is 10.3. The molecule has 0 amide bonds. The van der Waals surface area contributed by atoms with Crippen LogP contribution in [0.15, 0.2) is 12.7 Å². The fraction of sp³-hybridized carbons (Fsp3) is 0.800. The molecule has 1 fully saturated rings. The molecule has 0 aromatic rings. The molecule has 0 N–H and O–H groups in total. The van der Waals surface area contributed by atoms with Gasteiger partial charge in [-0.1, -0.05) is 19.9 Å². The summed E-state index contributed by atoms with van der Waals surface area (Å²) in [6.07, 6.45) is 1.98. The predicted molar refractivity (Wildman–Crippen MR) is 55.5 cm³/mol. The molecule has 0 bridgehead atoms. The molecule has 1 rings (SSSR count). The van der Waals surface area contributed by atoms with E-state index in [4.69, 9.17) is 0 Å². The van der Waals surface area contributed by atoms with Crippen LogP contribution in [-0.2, 0) is 0 Å². The highest BCUT2D eigenvalue weighted by Gasteiger charge is 2.10. The second-order valence-electron chi connectivity index (χ2n) is 2.89. The van der Waals surface area contributed by atoms with Gasteiger partial charge in [-0.15, -0.1) is 6.58 Å². The van der Waals surface area contributed by atoms with Gasteiger partial charge in [0.2, 0.25) is 0 Å². The van der Waals surface area contributed by atoms with E-state index in [1.165, 1.54) is 26.2 Å². The zero-order chi connectivity index (χ0) is 9.40. The van der Waals surface area contributed by atoms with Crippen LogP contribution in [0.2, 0.25) is 0 Å². The van der Waals surface area contributed by atoms with Gasteiger partial charge in [-0.25, -0.2) is 0 Å². The molecule has 72 valence electrons. The smallest absolute Gasteiger partial charge is 0.0161 e. The number of likely N-dealkylation sites (N-methyl/N-ethyl adjacent to an activating group) is 1. The Morgan fingerprint density at radius 1 is 1.17 bits per heavy atom. The summed E-state index contributed by atoms with van der Waals surface area (Å²) in [5.41, 5.74) is 0. The van der Waals surface area contributed by atoms with Crippen LogP contribution in [0.1, 0.15) is 13.8 Å². The molecular weight excluding hydrogens is 148 g/mol. The highest BCUT2D eigenvalue weighted by Crippen LogP contribution is 1.97. The summed E-state index contributed by atoms with van der Waals surface area (Å²) in [6, 6.07) is 0. The molecule has 0 unspecified atom stereocenters. The van der Waals surface area contributed by atoms with E-state index in [0.29, 0.717) is 0 Å². The Morgan fingerprint density at radius 2 is 1.67 bits per heavy atom. The van der Waals surface area contributed by atoms with E-state index in [0.717, 1.165) is 6.54 Å². The number of rotatable bonds is 2. The van der Waals surface area contributed by atoms with Gasteiger partial charge in [-0.05, 0) is 7.05 Å². The van der Waals surface area contributed by atoms with Gasteiger partial charge in [0, 0.05) is 32.7 Å². The Hall–Kier alpha value is -0.340. The van der Waals surface area contributed by atoms with Crippen LogP contribution in [0.25, 0.3) is 0 Å². The second-order valence-corrected chi connectivity index (χ2v) is 2.89. The fourth-order valence-corrected chi connectivity index (χ4v) is 1.21. The molecule has 1 aliphatic rings. The Balaban J connectivity index is 0.000000561. The monoisotopic (exact) mass is 170 g/mol. The molecule has 0 radical (unpaired) electrons. The minimum atomic E-state index is 1.05. The summed E-state index contributed by atoms with van der Waals surface area (Å²) in [7, 11) is 2.17. The van der Waals surface area contributed by atoms with Gasteiger partial charge in [0.05, 0.1) is 0 Å². The highest BCUT2D eigenvalue weighted by atomic mass is 15.2. The standard InChI is InChI=1S/C8H16N2.C2H6/c1-3-4-10-7-5-9(2)6-8-10;1-2/h3H,1,4-8H2,2H3;1-2H3. The predicted octanol–water partition coefficient (Wildman–Crippen LogP) is 1.45. The summed E-state index contributed by atoms with van der Waals surface area (Å²) in [5.74, 6) is 0. The first-order valence-corrected chi connectivity index (χ1v) is 4.84. The average Bonchev–Trinajstić information content (AvgIpc) is 2.13. The van der Waals surface area contributed by atoms with Crippen LogP contribution in [0.3, 0.4) is 0 Å². The van der Waals surface area contributed by atoms with Crippen molar-refractivity contribution >= 4 is 0 Å². The summed E-state index contributed by atoms with van der Waals surface area (Å²) in [5, 5.41) is 0. The Morgan fingerprint density at radius 3 is 2.08 bits per heavy atom. The molecule has 2 heteroatoms. The average molecular weight is 170 g/mol. The largest absolute Gasteiger partial charge is 0.304 e. The number of piperazine rings is 1. The molecule has 0 aromatic carbocycles. The number of hydrogen-bond donors (Lipinski definition) is 0. The molecule has 0 saturated carbocycles. The van der Waals surface area contributed by atoms with Crippen molar-refractivity contribution in [2.24, 2.45) is 0 Å². The van der Waals surface area contributed by atoms with Crippen LogP contribution in [0.4, 0.5) is 0 Å². The van der Waals surface area contributed by atoms with Crippen LogP contribution in [0.5, 0.6) is 0 Å². The second kappa shape index (κ2) is 7.32. The van der Waals surface area contributed by atoms with Crippen molar-refractivity contribution in [2.45, 2.75) is 13.8 Å². The summed E-state index contributed by atoms with van der Waals surface area (Å²) in [4.78, 5) is 4.78. The van der Waals surface area contributed by atoms with Crippen molar-refractivity contribution in [2.75, 3.05) is 39.8 Å². The normalized spacial score (nSPS) is 19.6. The molecule has 0 atom stereocenters. The maximum absolute atomic E-state index is 3.72. The van der Waals surface area contributed by atoms with Crippen LogP contribution in [-0.4, -0.2) is 49.6 Å². The first kappa shape index (κ1) is 11.7. The van der Waals surface area contributed by atoms with Gasteiger partial charge in [0.1, 0.15) is 0 Å². The number of hydrogen-bond acceptors (Lipinski definition) is 2. The number of nitrogens with zero attached hydrogens (tertiary/aromatic N) is 2. The maximum atomic E-state index is 3.72. The van der Waals surface area contributed by atoms with E-state index < -0.39 is 0 Å². The molecule has 1 aliphatic heterocycles. The minimum absolute atomic E-state index is 1.05. The molecule has 0 aliphatic carbocycles. The summed E-state index contributed by atoms with van der Waals surface area (Å²) < 4.78 is 0. The van der Waals surface area contributed by atoms with Crippen LogP contribution >= 0.6 is 0 Å². The first-order valence-electron chi connectivity index (χ1n) is 4.84. The maximum Gasteiger partial charge on any atom is 0.0161 e. The molecule has 12 heavy (non-hydrogen) atoms. The van der Waals surface area contributed by atoms with E-state index in [9.17, 15) is 0 Å². The molecular formula is C10H22N2. The molecule has 1 saturated heterocycles. The Bertz CT molecular complexity index is 104. The quantitative estimate of drug-likeness (QED) is 0.579. The van der Waals surface area contributed by atoms with E-state index in [2.05, 4.69) is 23.4 Å². The van der Waals surface area contributed by atoms with Crippen LogP contribution in [0, 0.1) is 0 Å². The van der Waals surface area contributed by atoms with Gasteiger partial charge in [-0.3, -0.25) is 4.90 Å². The van der Waals surface area contributed by atoms with Crippen LogP contribution < -0.4 is 0 Å². The third kappa shape index (κ3) is 4.52. The van der Waals surface area contributed by atoms with Gasteiger partial charge in [-0.2, -0.15) is 0 Å². The SMILES string of the molecule is C=CCN1CCN(C)CC1.CC. The fourth-order valence-electron chi connectivity index (χ4n) is 1.21. The Labute approximate surface area is 76.9 Å². The Kier molecular flexibility index (Phi) is 7.11. The van der Waals surface area contributed by atoms with Crippen molar-refractivity contribution in [1.29, 1.82) is 0 Å². The van der Waals surface area contributed by atoms with E-state index in [-0.39, 0.29) is 0 Å². The highest BCUT2D eigenvalue weighted by molar-refractivity contribution is 4.77. The lowest BCUT2D eigenvalue weighted by Gasteiger charge is -2.31. The molecule has 2 nitrogen and oxygen atoms in total. The van der Waals surface area contributed by atoms with Crippen molar-refractivity contribution in [3.8, 4) is 0 Å². The molecule has 1 heterocycles. The minimum Gasteiger partial charge on any atom is -0.304 e. The van der Waals surface area contributed by atoms with Gasteiger partial charge in [0.15, 0.2) is 0 Å². The lowest BCUT2D eigenvalue weighted by molar-refractivity contribution is 0.166. The topological polar surface area (TPSA) is 6.48 Å². The summed E-state index contributed by atoms with van der Waals surface area (Å²) >= 11 is 0. The molecule has 0 aromatic heterocycles. The van der Waals surface area contributed by atoms with Crippen molar-refractivity contribution in [3.63, 3.8) is 0 Å². The summed E-state index contributed by atoms with van der Waals surface area (Å²) in [6.45, 7) is 13.6. The van der Waals surface area contributed by atoms with Gasteiger partial charge in [0.25, 0.3) is 0 Å². The third-order valence-corrected chi connectivity index (χ3v) is 1.98. The van der Waals surface area contributed by atoms with Gasteiger partial charge < -0.3 is 4.90 Å².